The molecule has 0 aromatic rings. The summed E-state index contributed by atoms with van der Waals surface area (Å²) in [5.74, 6) is -0.935. The van der Waals surface area contributed by atoms with Gasteiger partial charge in [-0.2, -0.15) is 0 Å². The average Bonchev–Trinajstić information content (AvgIpc) is 3.23. The molecular weight excluding hydrogens is 733 g/mol. The lowest BCUT2D eigenvalue weighted by atomic mass is 10.1. The highest BCUT2D eigenvalue weighted by molar-refractivity contribution is 5.71. The molecule has 6 nitrogen and oxygen atoms in total. The Morgan fingerprint density at radius 2 is 0.661 bits per heavy atom. The van der Waals surface area contributed by atoms with Crippen molar-refractivity contribution < 1.29 is 28.6 Å². The van der Waals surface area contributed by atoms with Crippen molar-refractivity contribution in [3.05, 3.63) is 72.9 Å². The van der Waals surface area contributed by atoms with E-state index >= 15 is 0 Å². The van der Waals surface area contributed by atoms with Crippen LogP contribution in [0.5, 0.6) is 0 Å². The van der Waals surface area contributed by atoms with Gasteiger partial charge in [-0.3, -0.25) is 14.4 Å². The highest BCUT2D eigenvalue weighted by Crippen LogP contribution is 2.14. The van der Waals surface area contributed by atoms with Crippen molar-refractivity contribution in [3.63, 3.8) is 0 Å². The van der Waals surface area contributed by atoms with Crippen LogP contribution in [0.3, 0.4) is 0 Å². The molecule has 0 fully saturated rings. The number of ether oxygens (including phenoxy) is 3. The van der Waals surface area contributed by atoms with Gasteiger partial charge in [0.25, 0.3) is 0 Å². The average molecular weight is 823 g/mol. The summed E-state index contributed by atoms with van der Waals surface area (Å²) in [7, 11) is 0. The monoisotopic (exact) mass is 823 g/mol. The zero-order chi connectivity index (χ0) is 43.0. The standard InChI is InChI=1S/C53H90O6/c1-4-7-10-13-16-19-21-23-25-26-27-28-30-31-34-37-40-43-46-52(55)58-49-50(48-57-51(54)45-42-39-36-33-18-15-12-9-6-3)59-53(56)47-44-41-38-35-32-29-24-22-20-17-14-11-8-5-2/h10,13,16,19,21,23,25-29,32,50H,4-9,11-12,14-15,17-18,20,22,24,30-31,33-49H2,1-3H3/b13-10-,19-16-,23-21-,26-25-,28-27-,32-29-. The summed E-state index contributed by atoms with van der Waals surface area (Å²) >= 11 is 0. The lowest BCUT2D eigenvalue weighted by Gasteiger charge is -2.18. The van der Waals surface area contributed by atoms with Crippen molar-refractivity contribution in [3.8, 4) is 0 Å². The molecule has 0 spiro atoms. The zero-order valence-corrected chi connectivity index (χ0v) is 38.5. The van der Waals surface area contributed by atoms with Crippen LogP contribution < -0.4 is 0 Å². The number of carbonyl (C=O) groups excluding carboxylic acids is 3. The number of carbonyl (C=O) groups is 3. The summed E-state index contributed by atoms with van der Waals surface area (Å²) in [5, 5.41) is 0. The molecule has 0 amide bonds. The maximum atomic E-state index is 12.7. The van der Waals surface area contributed by atoms with E-state index in [1.807, 2.05) is 24.3 Å². The quantitative estimate of drug-likeness (QED) is 0.0200. The molecular formula is C53H90O6. The van der Waals surface area contributed by atoms with E-state index in [2.05, 4.69) is 69.4 Å². The second-order valence-electron chi connectivity index (χ2n) is 16.1. The Morgan fingerprint density at radius 1 is 0.339 bits per heavy atom. The first-order valence-corrected chi connectivity index (χ1v) is 24.5. The molecule has 0 bridgehead atoms. The van der Waals surface area contributed by atoms with E-state index < -0.39 is 6.10 Å². The SMILES string of the molecule is CCC\C=C/C=C\C=C/C=C\C=C/CCCCCCCC(=O)OCC(COC(=O)CCCCCCCCCCC)OC(=O)CCCCC/C=C\CCCCCCCCC. The Balaban J connectivity index is 4.42. The summed E-state index contributed by atoms with van der Waals surface area (Å²) in [6, 6.07) is 0. The Hall–Kier alpha value is -3.15. The largest absolute Gasteiger partial charge is 0.462 e. The number of hydrogen-bond acceptors (Lipinski definition) is 6. The molecule has 0 saturated heterocycles. The Labute approximate surface area is 363 Å². The number of allylic oxidation sites excluding steroid dienone is 12. The van der Waals surface area contributed by atoms with Crippen LogP contribution in [-0.2, 0) is 28.6 Å². The van der Waals surface area contributed by atoms with E-state index in [1.54, 1.807) is 0 Å². The van der Waals surface area contributed by atoms with Crippen LogP contribution in [-0.4, -0.2) is 37.2 Å². The third-order valence-electron chi connectivity index (χ3n) is 10.3. The van der Waals surface area contributed by atoms with Crippen molar-refractivity contribution in [2.45, 2.75) is 232 Å². The number of esters is 3. The molecule has 1 unspecified atom stereocenters. The molecule has 0 aromatic carbocycles. The second kappa shape index (κ2) is 47.5. The van der Waals surface area contributed by atoms with Crippen LogP contribution in [0, 0.1) is 0 Å². The fourth-order valence-corrected chi connectivity index (χ4v) is 6.58. The first-order valence-electron chi connectivity index (χ1n) is 24.5. The van der Waals surface area contributed by atoms with Gasteiger partial charge < -0.3 is 14.2 Å². The van der Waals surface area contributed by atoms with Crippen LogP contribution >= 0.6 is 0 Å². The van der Waals surface area contributed by atoms with Gasteiger partial charge in [-0.15, -0.1) is 0 Å². The van der Waals surface area contributed by atoms with Crippen molar-refractivity contribution in [1.29, 1.82) is 0 Å². The fourth-order valence-electron chi connectivity index (χ4n) is 6.58. The maximum Gasteiger partial charge on any atom is 0.306 e. The van der Waals surface area contributed by atoms with Crippen LogP contribution in [0.2, 0.25) is 0 Å². The maximum absolute atomic E-state index is 12.7. The van der Waals surface area contributed by atoms with Crippen LogP contribution in [0.25, 0.3) is 0 Å². The van der Waals surface area contributed by atoms with Gasteiger partial charge in [0.1, 0.15) is 13.2 Å². The fraction of sp³-hybridized carbons (Fsp3) is 0.717. The third kappa shape index (κ3) is 45.8. The summed E-state index contributed by atoms with van der Waals surface area (Å²) in [6.07, 6.45) is 58.8. The van der Waals surface area contributed by atoms with E-state index in [0.29, 0.717) is 19.3 Å². The molecule has 0 radical (unpaired) electrons. The highest BCUT2D eigenvalue weighted by Gasteiger charge is 2.19. The van der Waals surface area contributed by atoms with Crippen LogP contribution in [0.4, 0.5) is 0 Å². The summed E-state index contributed by atoms with van der Waals surface area (Å²) in [5.41, 5.74) is 0. The predicted octanol–water partition coefficient (Wildman–Crippen LogP) is 15.9. The molecule has 0 rings (SSSR count). The number of hydrogen-bond donors (Lipinski definition) is 0. The van der Waals surface area contributed by atoms with Gasteiger partial charge in [-0.25, -0.2) is 0 Å². The van der Waals surface area contributed by atoms with Gasteiger partial charge >= 0.3 is 17.9 Å². The van der Waals surface area contributed by atoms with E-state index in [1.165, 1.54) is 89.9 Å². The molecule has 0 heterocycles. The lowest BCUT2D eigenvalue weighted by molar-refractivity contribution is -0.167. The first kappa shape index (κ1) is 55.9. The van der Waals surface area contributed by atoms with Gasteiger partial charge in [0.15, 0.2) is 6.10 Å². The summed E-state index contributed by atoms with van der Waals surface area (Å²) in [6.45, 7) is 6.48. The molecule has 0 aliphatic carbocycles. The minimum absolute atomic E-state index is 0.0892. The smallest absolute Gasteiger partial charge is 0.306 e. The van der Waals surface area contributed by atoms with E-state index in [9.17, 15) is 14.4 Å². The molecule has 0 aliphatic rings. The molecule has 6 heteroatoms. The molecule has 0 aliphatic heterocycles. The molecule has 338 valence electrons. The lowest BCUT2D eigenvalue weighted by Crippen LogP contribution is -2.30. The van der Waals surface area contributed by atoms with E-state index in [-0.39, 0.29) is 31.1 Å². The first-order chi connectivity index (χ1) is 29.0. The minimum Gasteiger partial charge on any atom is -0.462 e. The molecule has 1 atom stereocenters. The van der Waals surface area contributed by atoms with Crippen molar-refractivity contribution in [1.82, 2.24) is 0 Å². The molecule has 0 N–H and O–H groups in total. The van der Waals surface area contributed by atoms with Crippen LogP contribution in [0.15, 0.2) is 72.9 Å². The predicted molar refractivity (Wildman–Crippen MR) is 251 cm³/mol. The third-order valence-corrected chi connectivity index (χ3v) is 10.3. The number of rotatable bonds is 43. The van der Waals surface area contributed by atoms with Gasteiger partial charge in [0, 0.05) is 19.3 Å². The topological polar surface area (TPSA) is 78.9 Å². The van der Waals surface area contributed by atoms with E-state index in [4.69, 9.17) is 14.2 Å². The van der Waals surface area contributed by atoms with Crippen molar-refractivity contribution in [2.24, 2.45) is 0 Å². The van der Waals surface area contributed by atoms with Crippen LogP contribution in [0.1, 0.15) is 226 Å². The normalized spacial score (nSPS) is 12.7. The van der Waals surface area contributed by atoms with Crippen molar-refractivity contribution >= 4 is 17.9 Å². The van der Waals surface area contributed by atoms with Crippen molar-refractivity contribution in [2.75, 3.05) is 13.2 Å². The second-order valence-corrected chi connectivity index (χ2v) is 16.1. The highest BCUT2D eigenvalue weighted by atomic mass is 16.6. The number of unbranched alkanes of at least 4 members (excludes halogenated alkanes) is 24. The van der Waals surface area contributed by atoms with E-state index in [0.717, 1.165) is 96.3 Å². The Kier molecular flexibility index (Phi) is 45.0. The minimum atomic E-state index is -0.790. The molecule has 0 saturated carbocycles. The van der Waals surface area contributed by atoms with Gasteiger partial charge in [-0.1, -0.05) is 216 Å². The molecule has 0 aromatic heterocycles. The Bertz CT molecular complexity index is 1130. The molecule has 59 heavy (non-hydrogen) atoms. The van der Waals surface area contributed by atoms with Gasteiger partial charge in [0.2, 0.25) is 0 Å². The summed E-state index contributed by atoms with van der Waals surface area (Å²) in [4.78, 5) is 37.8. The van der Waals surface area contributed by atoms with Gasteiger partial charge in [0.05, 0.1) is 0 Å². The van der Waals surface area contributed by atoms with Gasteiger partial charge in [-0.05, 0) is 64.2 Å². The summed E-state index contributed by atoms with van der Waals surface area (Å²) < 4.78 is 16.7. The Morgan fingerprint density at radius 3 is 1.08 bits per heavy atom. The zero-order valence-electron chi connectivity index (χ0n) is 38.5.